The van der Waals surface area contributed by atoms with Crippen molar-refractivity contribution in [1.29, 1.82) is 0 Å². The van der Waals surface area contributed by atoms with Gasteiger partial charge in [0.05, 0.1) is 5.56 Å². The predicted octanol–water partition coefficient (Wildman–Crippen LogP) is 5.84. The molecule has 0 fully saturated rings. The number of carbonyl (C=O) groups excluding carboxylic acids is 1. The number of hydrogen-bond acceptors (Lipinski definition) is 3. The lowest BCUT2D eigenvalue weighted by Crippen LogP contribution is -2.04. The van der Waals surface area contributed by atoms with E-state index in [1.807, 2.05) is 0 Å². The van der Waals surface area contributed by atoms with Crippen LogP contribution in [0, 0.1) is 5.82 Å². The lowest BCUT2D eigenvalue weighted by molar-refractivity contribution is 0.0990. The van der Waals surface area contributed by atoms with Crippen LogP contribution in [0.1, 0.15) is 21.5 Å². The van der Waals surface area contributed by atoms with Gasteiger partial charge in [0.15, 0.2) is 5.78 Å². The molecule has 0 bridgehead atoms. The standard InChI is InChI=1S/C21H15Cl2FO3/c22-15-4-3-14(19(23)10-15)12-27-17-7-8-18(21(26)11-17)20(25)9-13-1-5-16(24)6-2-13/h1-8,10-11,26H,9,12H2. The van der Waals surface area contributed by atoms with E-state index < -0.39 is 0 Å². The highest BCUT2D eigenvalue weighted by atomic mass is 35.5. The summed E-state index contributed by atoms with van der Waals surface area (Å²) in [6, 6.07) is 15.2. The first-order valence-electron chi connectivity index (χ1n) is 8.10. The molecule has 0 saturated carbocycles. The molecule has 0 heterocycles. The Labute approximate surface area is 165 Å². The largest absolute Gasteiger partial charge is 0.507 e. The summed E-state index contributed by atoms with van der Waals surface area (Å²) in [4.78, 5) is 12.4. The van der Waals surface area contributed by atoms with Crippen LogP contribution in [-0.4, -0.2) is 10.9 Å². The number of carbonyl (C=O) groups is 1. The van der Waals surface area contributed by atoms with Gasteiger partial charge in [-0.1, -0.05) is 41.4 Å². The average molecular weight is 405 g/mol. The normalized spacial score (nSPS) is 10.6. The summed E-state index contributed by atoms with van der Waals surface area (Å²) in [6.07, 6.45) is 0.0639. The van der Waals surface area contributed by atoms with Crippen molar-refractivity contribution in [2.24, 2.45) is 0 Å². The molecule has 0 spiro atoms. The van der Waals surface area contributed by atoms with Gasteiger partial charge in [-0.05, 0) is 42.0 Å². The second-order valence-electron chi connectivity index (χ2n) is 5.93. The van der Waals surface area contributed by atoms with Gasteiger partial charge in [0.2, 0.25) is 0 Å². The molecule has 0 amide bonds. The molecule has 0 aromatic heterocycles. The number of phenols is 1. The van der Waals surface area contributed by atoms with E-state index in [4.69, 9.17) is 27.9 Å². The third-order valence-corrected chi connectivity index (χ3v) is 4.54. The number of Topliss-reactive ketones (excluding diaryl/α,β-unsaturated/α-hetero) is 1. The van der Waals surface area contributed by atoms with Crippen molar-refractivity contribution in [3.8, 4) is 11.5 Å². The number of benzene rings is 3. The fourth-order valence-electron chi connectivity index (χ4n) is 2.52. The van der Waals surface area contributed by atoms with E-state index in [-0.39, 0.29) is 35.9 Å². The molecule has 6 heteroatoms. The van der Waals surface area contributed by atoms with E-state index in [1.54, 1.807) is 24.3 Å². The van der Waals surface area contributed by atoms with Gasteiger partial charge in [-0.3, -0.25) is 4.79 Å². The summed E-state index contributed by atoms with van der Waals surface area (Å²) in [6.45, 7) is 0.193. The molecule has 0 aliphatic rings. The summed E-state index contributed by atoms with van der Waals surface area (Å²) >= 11 is 12.0. The van der Waals surface area contributed by atoms with E-state index in [2.05, 4.69) is 0 Å². The van der Waals surface area contributed by atoms with E-state index in [1.165, 1.54) is 36.4 Å². The minimum Gasteiger partial charge on any atom is -0.507 e. The Hall–Kier alpha value is -2.56. The number of phenolic OH excluding ortho intramolecular Hbond substituents is 1. The summed E-state index contributed by atoms with van der Waals surface area (Å²) in [5, 5.41) is 11.2. The maximum Gasteiger partial charge on any atom is 0.170 e. The third kappa shape index (κ3) is 5.00. The quantitative estimate of drug-likeness (QED) is 0.524. The van der Waals surface area contributed by atoms with E-state index in [0.29, 0.717) is 21.4 Å². The Balaban J connectivity index is 1.67. The molecule has 0 unspecified atom stereocenters. The van der Waals surface area contributed by atoms with Crippen molar-refractivity contribution in [3.63, 3.8) is 0 Å². The molecule has 1 N–H and O–H groups in total. The third-order valence-electron chi connectivity index (χ3n) is 3.96. The van der Waals surface area contributed by atoms with Crippen LogP contribution >= 0.6 is 23.2 Å². The van der Waals surface area contributed by atoms with E-state index in [0.717, 1.165) is 5.56 Å². The summed E-state index contributed by atoms with van der Waals surface area (Å²) in [7, 11) is 0. The lowest BCUT2D eigenvalue weighted by atomic mass is 10.0. The second kappa shape index (κ2) is 8.42. The first-order valence-corrected chi connectivity index (χ1v) is 8.85. The maximum atomic E-state index is 12.9. The zero-order valence-electron chi connectivity index (χ0n) is 14.1. The van der Waals surface area contributed by atoms with Gasteiger partial charge in [-0.15, -0.1) is 0 Å². The summed E-state index contributed by atoms with van der Waals surface area (Å²) in [5.41, 5.74) is 1.59. The van der Waals surface area contributed by atoms with Gasteiger partial charge >= 0.3 is 0 Å². The Morgan fingerprint density at radius 3 is 2.41 bits per heavy atom. The molecular formula is C21H15Cl2FO3. The number of hydrogen-bond donors (Lipinski definition) is 1. The monoisotopic (exact) mass is 404 g/mol. The Morgan fingerprint density at radius 1 is 1.00 bits per heavy atom. The number of ether oxygens (including phenoxy) is 1. The molecule has 138 valence electrons. The minimum atomic E-state index is -0.365. The number of halogens is 3. The van der Waals surface area contributed by atoms with Crippen molar-refractivity contribution in [2.75, 3.05) is 0 Å². The Bertz CT molecular complexity index is 972. The van der Waals surface area contributed by atoms with Crippen LogP contribution in [-0.2, 0) is 13.0 Å². The van der Waals surface area contributed by atoms with Crippen molar-refractivity contribution in [2.45, 2.75) is 13.0 Å². The lowest BCUT2D eigenvalue weighted by Gasteiger charge is -2.10. The maximum absolute atomic E-state index is 12.9. The molecule has 0 radical (unpaired) electrons. The van der Waals surface area contributed by atoms with Crippen molar-refractivity contribution in [3.05, 3.63) is 93.2 Å². The molecule has 3 aromatic rings. The molecule has 0 aliphatic carbocycles. The van der Waals surface area contributed by atoms with Crippen LogP contribution in [0.3, 0.4) is 0 Å². The molecule has 3 nitrogen and oxygen atoms in total. The van der Waals surface area contributed by atoms with Crippen LogP contribution in [0.25, 0.3) is 0 Å². The van der Waals surface area contributed by atoms with Gasteiger partial charge < -0.3 is 9.84 Å². The summed E-state index contributed by atoms with van der Waals surface area (Å²) < 4.78 is 18.6. The molecule has 3 aromatic carbocycles. The Kier molecular flexibility index (Phi) is 5.99. The first-order chi connectivity index (χ1) is 12.9. The van der Waals surface area contributed by atoms with E-state index in [9.17, 15) is 14.3 Å². The molecule has 3 rings (SSSR count). The zero-order chi connectivity index (χ0) is 19.4. The number of aromatic hydroxyl groups is 1. The highest BCUT2D eigenvalue weighted by Gasteiger charge is 2.13. The molecule has 27 heavy (non-hydrogen) atoms. The van der Waals surface area contributed by atoms with Crippen LogP contribution in [0.15, 0.2) is 60.7 Å². The topological polar surface area (TPSA) is 46.5 Å². The van der Waals surface area contributed by atoms with Crippen LogP contribution < -0.4 is 4.74 Å². The fourth-order valence-corrected chi connectivity index (χ4v) is 2.98. The highest BCUT2D eigenvalue weighted by Crippen LogP contribution is 2.27. The smallest absolute Gasteiger partial charge is 0.170 e. The molecule has 0 aliphatic heterocycles. The van der Waals surface area contributed by atoms with Gasteiger partial charge in [-0.2, -0.15) is 0 Å². The fraction of sp³-hybridized carbons (Fsp3) is 0.0952. The van der Waals surface area contributed by atoms with Crippen molar-refractivity contribution >= 4 is 29.0 Å². The SMILES string of the molecule is O=C(Cc1ccc(F)cc1)c1ccc(OCc2ccc(Cl)cc2Cl)cc1O. The van der Waals surface area contributed by atoms with Gasteiger partial charge in [0, 0.05) is 28.1 Å². The first kappa shape index (κ1) is 19.2. The van der Waals surface area contributed by atoms with Crippen LogP contribution in [0.2, 0.25) is 10.0 Å². The van der Waals surface area contributed by atoms with Crippen LogP contribution in [0.5, 0.6) is 11.5 Å². The van der Waals surface area contributed by atoms with Crippen molar-refractivity contribution < 1.29 is 19.0 Å². The zero-order valence-corrected chi connectivity index (χ0v) is 15.6. The highest BCUT2D eigenvalue weighted by molar-refractivity contribution is 6.35. The summed E-state index contributed by atoms with van der Waals surface area (Å²) in [5.74, 6) is -0.415. The van der Waals surface area contributed by atoms with Crippen LogP contribution in [0.4, 0.5) is 4.39 Å². The number of ketones is 1. The van der Waals surface area contributed by atoms with E-state index >= 15 is 0 Å². The van der Waals surface area contributed by atoms with Gasteiger partial charge in [0.1, 0.15) is 23.9 Å². The Morgan fingerprint density at radius 2 is 1.74 bits per heavy atom. The predicted molar refractivity (Wildman–Crippen MR) is 103 cm³/mol. The number of rotatable bonds is 6. The van der Waals surface area contributed by atoms with Gasteiger partial charge in [0.25, 0.3) is 0 Å². The minimum absolute atomic E-state index is 0.0639. The molecule has 0 atom stereocenters. The average Bonchev–Trinajstić information content (AvgIpc) is 2.63. The second-order valence-corrected chi connectivity index (χ2v) is 6.77. The van der Waals surface area contributed by atoms with Gasteiger partial charge in [-0.25, -0.2) is 4.39 Å². The molecular weight excluding hydrogens is 390 g/mol. The molecule has 0 saturated heterocycles. The van der Waals surface area contributed by atoms with Crippen molar-refractivity contribution in [1.82, 2.24) is 0 Å².